The molecule has 0 aromatic carbocycles. The first-order valence-electron chi connectivity index (χ1n) is 6.75. The lowest BCUT2D eigenvalue weighted by Crippen LogP contribution is -2.26. The van der Waals surface area contributed by atoms with Crippen molar-refractivity contribution in [3.8, 4) is 0 Å². The predicted molar refractivity (Wildman–Crippen MR) is 77.4 cm³/mol. The molecule has 0 amide bonds. The summed E-state index contributed by atoms with van der Waals surface area (Å²) in [5.74, 6) is 3.37. The van der Waals surface area contributed by atoms with Crippen LogP contribution in [-0.2, 0) is 0 Å². The van der Waals surface area contributed by atoms with E-state index < -0.39 is 0 Å². The molecule has 98 valence electrons. The molecule has 0 spiro atoms. The van der Waals surface area contributed by atoms with Gasteiger partial charge in [0, 0.05) is 12.3 Å². The summed E-state index contributed by atoms with van der Waals surface area (Å²) in [4.78, 5) is 2.49. The van der Waals surface area contributed by atoms with E-state index in [0.717, 1.165) is 12.5 Å². The van der Waals surface area contributed by atoms with Gasteiger partial charge in [0.05, 0.1) is 0 Å². The van der Waals surface area contributed by atoms with Gasteiger partial charge in [-0.3, -0.25) is 0 Å². The molecule has 1 atom stereocenters. The van der Waals surface area contributed by atoms with E-state index in [-0.39, 0.29) is 0 Å². The zero-order valence-corrected chi connectivity index (χ0v) is 12.4. The molecule has 0 bridgehead atoms. The lowest BCUT2D eigenvalue weighted by Gasteiger charge is -2.18. The van der Waals surface area contributed by atoms with Gasteiger partial charge < -0.3 is 10.2 Å². The molecule has 16 heavy (non-hydrogen) atoms. The molecule has 3 heteroatoms. The van der Waals surface area contributed by atoms with E-state index >= 15 is 0 Å². The fraction of sp³-hybridized carbons (Fsp3) is 1.00. The largest absolute Gasteiger partial charge is 0.316 e. The van der Waals surface area contributed by atoms with E-state index in [1.165, 1.54) is 44.1 Å². The maximum atomic E-state index is 3.48. The number of thioether (sulfide) groups is 1. The smallest absolute Gasteiger partial charge is 0.00721 e. The first-order chi connectivity index (χ1) is 7.74. The minimum absolute atomic E-state index is 0.799. The van der Waals surface area contributed by atoms with Crippen LogP contribution in [0.1, 0.15) is 34.1 Å². The molecule has 1 unspecified atom stereocenters. The molecule has 0 heterocycles. The lowest BCUT2D eigenvalue weighted by atomic mass is 10.2. The normalized spacial score (nSPS) is 13.3. The van der Waals surface area contributed by atoms with Crippen molar-refractivity contribution < 1.29 is 0 Å². The van der Waals surface area contributed by atoms with Gasteiger partial charge in [0.25, 0.3) is 0 Å². The van der Waals surface area contributed by atoms with Gasteiger partial charge in [-0.25, -0.2) is 0 Å². The van der Waals surface area contributed by atoms with Crippen LogP contribution in [0.5, 0.6) is 0 Å². The fourth-order valence-electron chi connectivity index (χ4n) is 1.60. The van der Waals surface area contributed by atoms with E-state index in [1.807, 2.05) is 0 Å². The minimum atomic E-state index is 0.799. The van der Waals surface area contributed by atoms with Crippen molar-refractivity contribution in [1.82, 2.24) is 10.2 Å². The summed E-state index contributed by atoms with van der Waals surface area (Å²) in [7, 11) is 0. The summed E-state index contributed by atoms with van der Waals surface area (Å²) in [5, 5.41) is 3.48. The number of rotatable bonds is 11. The van der Waals surface area contributed by atoms with Crippen LogP contribution >= 0.6 is 11.8 Å². The molecule has 0 aliphatic carbocycles. The zero-order valence-electron chi connectivity index (χ0n) is 11.6. The van der Waals surface area contributed by atoms with E-state index in [0.29, 0.717) is 0 Å². The Morgan fingerprint density at radius 2 is 1.88 bits per heavy atom. The van der Waals surface area contributed by atoms with Crippen LogP contribution in [0, 0.1) is 5.92 Å². The Balaban J connectivity index is 3.29. The maximum Gasteiger partial charge on any atom is 0.00721 e. The monoisotopic (exact) mass is 246 g/mol. The molecule has 0 fully saturated rings. The van der Waals surface area contributed by atoms with Crippen molar-refractivity contribution in [3.05, 3.63) is 0 Å². The molecule has 0 radical (unpaired) electrons. The van der Waals surface area contributed by atoms with Crippen molar-refractivity contribution in [2.45, 2.75) is 34.1 Å². The molecule has 1 N–H and O–H groups in total. The third-order valence-electron chi connectivity index (χ3n) is 2.77. The van der Waals surface area contributed by atoms with Gasteiger partial charge in [0.1, 0.15) is 0 Å². The number of nitrogens with one attached hydrogen (secondary N) is 1. The van der Waals surface area contributed by atoms with Crippen LogP contribution in [-0.4, -0.2) is 49.1 Å². The summed E-state index contributed by atoms with van der Waals surface area (Å²) < 4.78 is 0. The molecular weight excluding hydrogens is 216 g/mol. The second-order valence-corrected chi connectivity index (χ2v) is 5.56. The molecule has 0 aliphatic rings. The van der Waals surface area contributed by atoms with Crippen LogP contribution in [0.3, 0.4) is 0 Å². The summed E-state index contributed by atoms with van der Waals surface area (Å²) in [6.07, 6.45) is 1.24. The van der Waals surface area contributed by atoms with E-state index in [2.05, 4.69) is 49.7 Å². The Morgan fingerprint density at radius 3 is 2.44 bits per heavy atom. The molecule has 0 saturated carbocycles. The van der Waals surface area contributed by atoms with Crippen molar-refractivity contribution in [2.24, 2.45) is 5.92 Å². The van der Waals surface area contributed by atoms with Gasteiger partial charge in [-0.05, 0) is 44.3 Å². The summed E-state index contributed by atoms with van der Waals surface area (Å²) >= 11 is 2.10. The Kier molecular flexibility index (Phi) is 11.9. The van der Waals surface area contributed by atoms with Crippen LogP contribution < -0.4 is 5.32 Å². The van der Waals surface area contributed by atoms with Gasteiger partial charge in [0.2, 0.25) is 0 Å². The number of nitrogens with zero attached hydrogens (tertiary/aromatic N) is 1. The Morgan fingerprint density at radius 1 is 1.19 bits per heavy atom. The van der Waals surface area contributed by atoms with Crippen LogP contribution in [0.4, 0.5) is 0 Å². The van der Waals surface area contributed by atoms with Crippen molar-refractivity contribution in [2.75, 3.05) is 44.2 Å². The highest BCUT2D eigenvalue weighted by Gasteiger charge is 2.03. The van der Waals surface area contributed by atoms with Gasteiger partial charge >= 0.3 is 0 Å². The lowest BCUT2D eigenvalue weighted by molar-refractivity contribution is 0.324. The first-order valence-corrected chi connectivity index (χ1v) is 7.90. The first kappa shape index (κ1) is 16.3. The summed E-state index contributed by atoms with van der Waals surface area (Å²) in [6, 6.07) is 0. The van der Waals surface area contributed by atoms with Gasteiger partial charge in [-0.15, -0.1) is 0 Å². The standard InChI is InChI=1S/C13H30N2S/c1-5-8-14-11-13(4)12-16-10-9-15(6-2)7-3/h13-14H,5-12H2,1-4H3. The molecular formula is C13H30N2S. The predicted octanol–water partition coefficient (Wildman–Crippen LogP) is 2.70. The number of hydrogen-bond donors (Lipinski definition) is 1. The molecule has 0 saturated heterocycles. The highest BCUT2D eigenvalue weighted by molar-refractivity contribution is 7.99. The van der Waals surface area contributed by atoms with Crippen molar-refractivity contribution in [3.63, 3.8) is 0 Å². The highest BCUT2D eigenvalue weighted by Crippen LogP contribution is 2.08. The molecule has 0 aromatic heterocycles. The second kappa shape index (κ2) is 11.7. The van der Waals surface area contributed by atoms with E-state index in [4.69, 9.17) is 0 Å². The quantitative estimate of drug-likeness (QED) is 0.564. The molecule has 0 aromatic rings. The van der Waals surface area contributed by atoms with E-state index in [9.17, 15) is 0 Å². The SMILES string of the molecule is CCCNCC(C)CSCCN(CC)CC. The summed E-state index contributed by atoms with van der Waals surface area (Å²) in [5.41, 5.74) is 0. The number of hydrogen-bond acceptors (Lipinski definition) is 3. The molecule has 2 nitrogen and oxygen atoms in total. The highest BCUT2D eigenvalue weighted by atomic mass is 32.2. The fourth-order valence-corrected chi connectivity index (χ4v) is 2.68. The van der Waals surface area contributed by atoms with Gasteiger partial charge in [-0.2, -0.15) is 11.8 Å². The topological polar surface area (TPSA) is 15.3 Å². The van der Waals surface area contributed by atoms with Crippen molar-refractivity contribution in [1.29, 1.82) is 0 Å². The zero-order chi connectivity index (χ0) is 12.2. The Hall–Kier alpha value is 0.270. The van der Waals surface area contributed by atoms with Crippen LogP contribution in [0.15, 0.2) is 0 Å². The van der Waals surface area contributed by atoms with Gasteiger partial charge in [-0.1, -0.05) is 27.7 Å². The maximum absolute atomic E-state index is 3.48. The van der Waals surface area contributed by atoms with Gasteiger partial charge in [0.15, 0.2) is 0 Å². The average Bonchev–Trinajstić information content (AvgIpc) is 2.30. The molecule has 0 aliphatic heterocycles. The summed E-state index contributed by atoms with van der Waals surface area (Å²) in [6.45, 7) is 15.0. The Bertz CT molecular complexity index is 138. The van der Waals surface area contributed by atoms with Crippen LogP contribution in [0.25, 0.3) is 0 Å². The minimum Gasteiger partial charge on any atom is -0.316 e. The van der Waals surface area contributed by atoms with Crippen molar-refractivity contribution >= 4 is 11.8 Å². The van der Waals surface area contributed by atoms with Crippen LogP contribution in [0.2, 0.25) is 0 Å². The second-order valence-electron chi connectivity index (χ2n) is 4.41. The third kappa shape index (κ3) is 9.49. The Labute approximate surface area is 107 Å². The average molecular weight is 246 g/mol. The van der Waals surface area contributed by atoms with E-state index in [1.54, 1.807) is 0 Å². The molecule has 0 rings (SSSR count). The third-order valence-corrected chi connectivity index (χ3v) is 4.04.